The van der Waals surface area contributed by atoms with Crippen LogP contribution in [0.2, 0.25) is 0 Å². The van der Waals surface area contributed by atoms with Gasteiger partial charge < -0.3 is 15.4 Å². The van der Waals surface area contributed by atoms with Crippen LogP contribution in [0.15, 0.2) is 0 Å². The van der Waals surface area contributed by atoms with Gasteiger partial charge in [0.15, 0.2) is 0 Å². The first-order valence-corrected chi connectivity index (χ1v) is 7.21. The Labute approximate surface area is 118 Å². The minimum atomic E-state index is -0.683. The van der Waals surface area contributed by atoms with E-state index in [1.165, 1.54) is 0 Å². The highest BCUT2D eigenvalue weighted by atomic mass is 32.1. The molecular formula is C13H20N2O3S. The van der Waals surface area contributed by atoms with Crippen LogP contribution in [0.1, 0.15) is 39.0 Å². The first-order valence-electron chi connectivity index (χ1n) is 6.80. The molecule has 2 rings (SSSR count). The van der Waals surface area contributed by atoms with Crippen LogP contribution >= 0.6 is 12.2 Å². The molecule has 5 nitrogen and oxygen atoms in total. The van der Waals surface area contributed by atoms with E-state index < -0.39 is 11.5 Å². The quantitative estimate of drug-likeness (QED) is 0.616. The van der Waals surface area contributed by atoms with Crippen molar-refractivity contribution in [1.29, 1.82) is 0 Å². The van der Waals surface area contributed by atoms with Gasteiger partial charge in [-0.25, -0.2) is 4.79 Å². The summed E-state index contributed by atoms with van der Waals surface area (Å²) >= 11 is 5.01. The topological polar surface area (TPSA) is 72.6 Å². The molecule has 1 saturated carbocycles. The lowest BCUT2D eigenvalue weighted by molar-refractivity contribution is -0.157. The molecule has 0 aromatic heterocycles. The second-order valence-corrected chi connectivity index (χ2v) is 5.65. The normalized spacial score (nSPS) is 24.7. The van der Waals surface area contributed by atoms with Gasteiger partial charge in [-0.1, -0.05) is 12.2 Å². The maximum Gasteiger partial charge on any atom is 0.328 e. The molecule has 1 amide bonds. The number of carbonyl (C=O) groups excluding carboxylic acids is 2. The fraction of sp³-hybridized carbons (Fsp3) is 0.769. The molecule has 0 aromatic carbocycles. The largest absolute Gasteiger partial charge is 0.464 e. The fourth-order valence-electron chi connectivity index (χ4n) is 2.62. The molecule has 1 saturated heterocycles. The van der Waals surface area contributed by atoms with Gasteiger partial charge in [-0.05, 0) is 39.0 Å². The van der Waals surface area contributed by atoms with Crippen LogP contribution < -0.4 is 5.73 Å². The Balaban J connectivity index is 2.14. The minimum absolute atomic E-state index is 0.0854. The van der Waals surface area contributed by atoms with Crippen molar-refractivity contribution >= 4 is 29.1 Å². The third kappa shape index (κ3) is 2.59. The number of piperidine rings is 1. The van der Waals surface area contributed by atoms with Crippen LogP contribution in [0, 0.1) is 5.41 Å². The Kier molecular flexibility index (Phi) is 4.08. The molecule has 6 heteroatoms. The molecular weight excluding hydrogens is 264 g/mol. The van der Waals surface area contributed by atoms with E-state index in [1.807, 2.05) is 0 Å². The maximum absolute atomic E-state index is 12.6. The summed E-state index contributed by atoms with van der Waals surface area (Å²) in [6.07, 6.45) is 3.92. The summed E-state index contributed by atoms with van der Waals surface area (Å²) in [5.41, 5.74) is 5.01. The SMILES string of the molecule is CCOC(=O)C1CCCCN1C(=O)C1(C(N)=S)CC1. The van der Waals surface area contributed by atoms with Crippen LogP contribution in [0.4, 0.5) is 0 Å². The Morgan fingerprint density at radius 2 is 2.11 bits per heavy atom. The molecule has 0 spiro atoms. The number of nitrogens with two attached hydrogens (primary N) is 1. The second kappa shape index (κ2) is 5.45. The van der Waals surface area contributed by atoms with Crippen LogP contribution in [0.3, 0.4) is 0 Å². The predicted molar refractivity (Wildman–Crippen MR) is 74.4 cm³/mol. The molecule has 1 atom stereocenters. The standard InChI is InChI=1S/C13H20N2O3S/c1-2-18-10(16)9-5-3-4-8-15(9)12(17)13(6-7-13)11(14)19/h9H,2-8H2,1H3,(H2,14,19). The van der Waals surface area contributed by atoms with Crippen molar-refractivity contribution in [3.05, 3.63) is 0 Å². The van der Waals surface area contributed by atoms with E-state index in [9.17, 15) is 9.59 Å². The summed E-state index contributed by atoms with van der Waals surface area (Å²) < 4.78 is 5.06. The Morgan fingerprint density at radius 3 is 2.63 bits per heavy atom. The smallest absolute Gasteiger partial charge is 0.328 e. The lowest BCUT2D eigenvalue weighted by Crippen LogP contribution is -2.53. The van der Waals surface area contributed by atoms with E-state index in [0.29, 0.717) is 32.4 Å². The van der Waals surface area contributed by atoms with Crippen molar-refractivity contribution in [2.45, 2.75) is 45.1 Å². The van der Waals surface area contributed by atoms with Gasteiger partial charge >= 0.3 is 5.97 Å². The summed E-state index contributed by atoms with van der Waals surface area (Å²) in [5, 5.41) is 0. The zero-order valence-corrected chi connectivity index (χ0v) is 12.0. The lowest BCUT2D eigenvalue weighted by atomic mass is 9.97. The van der Waals surface area contributed by atoms with Crippen molar-refractivity contribution in [2.75, 3.05) is 13.2 Å². The van der Waals surface area contributed by atoms with E-state index in [1.54, 1.807) is 11.8 Å². The number of likely N-dealkylation sites (tertiary alicyclic amines) is 1. The van der Waals surface area contributed by atoms with Crippen molar-refractivity contribution in [2.24, 2.45) is 11.1 Å². The zero-order valence-electron chi connectivity index (χ0n) is 11.2. The van der Waals surface area contributed by atoms with Crippen molar-refractivity contribution < 1.29 is 14.3 Å². The van der Waals surface area contributed by atoms with Gasteiger partial charge in [-0.15, -0.1) is 0 Å². The fourth-order valence-corrected chi connectivity index (χ4v) is 2.92. The van der Waals surface area contributed by atoms with Gasteiger partial charge in [0.1, 0.15) is 6.04 Å². The molecule has 1 aliphatic heterocycles. The van der Waals surface area contributed by atoms with Gasteiger partial charge in [-0.2, -0.15) is 0 Å². The molecule has 106 valence electrons. The van der Waals surface area contributed by atoms with E-state index in [4.69, 9.17) is 22.7 Å². The van der Waals surface area contributed by atoms with Crippen LogP contribution in [0.25, 0.3) is 0 Å². The number of esters is 1. The van der Waals surface area contributed by atoms with Gasteiger partial charge in [0.25, 0.3) is 0 Å². The zero-order chi connectivity index (χ0) is 14.0. The molecule has 1 aliphatic carbocycles. The van der Waals surface area contributed by atoms with Crippen LogP contribution in [0.5, 0.6) is 0 Å². The number of ether oxygens (including phenoxy) is 1. The monoisotopic (exact) mass is 284 g/mol. The van der Waals surface area contributed by atoms with E-state index in [-0.39, 0.29) is 16.9 Å². The molecule has 19 heavy (non-hydrogen) atoms. The first kappa shape index (κ1) is 14.2. The van der Waals surface area contributed by atoms with Crippen molar-refractivity contribution in [1.82, 2.24) is 4.90 Å². The third-order valence-electron chi connectivity index (χ3n) is 3.95. The third-order valence-corrected chi connectivity index (χ3v) is 4.34. The molecule has 1 heterocycles. The predicted octanol–water partition coefficient (Wildman–Crippen LogP) is 0.997. The molecule has 1 unspecified atom stereocenters. The number of hydrogen-bond acceptors (Lipinski definition) is 4. The number of amides is 1. The number of thiocarbonyl (C=S) groups is 1. The van der Waals surface area contributed by atoms with Crippen LogP contribution in [-0.4, -0.2) is 41.0 Å². The van der Waals surface area contributed by atoms with Gasteiger partial charge in [0, 0.05) is 6.54 Å². The molecule has 0 radical (unpaired) electrons. The maximum atomic E-state index is 12.6. The molecule has 0 aromatic rings. The number of rotatable bonds is 4. The average molecular weight is 284 g/mol. The molecule has 2 aliphatic rings. The summed E-state index contributed by atoms with van der Waals surface area (Å²) in [4.78, 5) is 26.4. The van der Waals surface area contributed by atoms with Gasteiger partial charge in [0.2, 0.25) is 5.91 Å². The van der Waals surface area contributed by atoms with E-state index >= 15 is 0 Å². The molecule has 2 N–H and O–H groups in total. The van der Waals surface area contributed by atoms with Crippen LogP contribution in [-0.2, 0) is 14.3 Å². The van der Waals surface area contributed by atoms with Crippen molar-refractivity contribution in [3.63, 3.8) is 0 Å². The average Bonchev–Trinajstić information content (AvgIpc) is 3.19. The summed E-state index contributed by atoms with van der Waals surface area (Å²) in [6.45, 7) is 2.69. The molecule has 0 bridgehead atoms. The number of nitrogens with zero attached hydrogens (tertiary/aromatic N) is 1. The number of hydrogen-bond donors (Lipinski definition) is 1. The second-order valence-electron chi connectivity index (χ2n) is 5.21. The summed E-state index contributed by atoms with van der Waals surface area (Å²) in [7, 11) is 0. The Bertz CT molecular complexity index is 407. The highest BCUT2D eigenvalue weighted by molar-refractivity contribution is 7.80. The summed E-state index contributed by atoms with van der Waals surface area (Å²) in [5.74, 6) is -0.396. The summed E-state index contributed by atoms with van der Waals surface area (Å²) in [6, 6.07) is -0.465. The van der Waals surface area contributed by atoms with E-state index in [2.05, 4.69) is 0 Å². The Hall–Kier alpha value is -1.17. The highest BCUT2D eigenvalue weighted by Gasteiger charge is 2.56. The van der Waals surface area contributed by atoms with Crippen molar-refractivity contribution in [3.8, 4) is 0 Å². The van der Waals surface area contributed by atoms with Gasteiger partial charge in [-0.3, -0.25) is 4.79 Å². The molecule has 2 fully saturated rings. The highest BCUT2D eigenvalue weighted by Crippen LogP contribution is 2.48. The number of carbonyl (C=O) groups is 2. The lowest BCUT2D eigenvalue weighted by Gasteiger charge is -2.36. The minimum Gasteiger partial charge on any atom is -0.464 e. The Morgan fingerprint density at radius 1 is 1.42 bits per heavy atom. The van der Waals surface area contributed by atoms with E-state index in [0.717, 1.165) is 12.8 Å². The first-order chi connectivity index (χ1) is 9.03. The van der Waals surface area contributed by atoms with Gasteiger partial charge in [0.05, 0.1) is 17.0 Å².